The molecule has 0 radical (unpaired) electrons. The van der Waals surface area contributed by atoms with E-state index < -0.39 is 12.2 Å². The number of aromatic nitrogens is 1. The lowest BCUT2D eigenvalue weighted by molar-refractivity contribution is -0.116. The number of hydrogen-bond acceptors (Lipinski definition) is 8. The van der Waals surface area contributed by atoms with Crippen molar-refractivity contribution in [1.82, 2.24) is 15.2 Å². The molecular weight excluding hydrogens is 634 g/mol. The van der Waals surface area contributed by atoms with E-state index in [1.165, 1.54) is 12.1 Å². The highest BCUT2D eigenvalue weighted by Crippen LogP contribution is 2.29. The predicted octanol–water partition coefficient (Wildman–Crippen LogP) is 5.77. The molecular formula is C39H41N5O6. The number of benzene rings is 4. The summed E-state index contributed by atoms with van der Waals surface area (Å²) in [5.41, 5.74) is 4.90. The van der Waals surface area contributed by atoms with Crippen molar-refractivity contribution in [3.05, 3.63) is 125 Å². The molecule has 0 unspecified atom stereocenters. The Hall–Kier alpha value is -5.49. The van der Waals surface area contributed by atoms with Crippen LogP contribution in [0.3, 0.4) is 0 Å². The van der Waals surface area contributed by atoms with Gasteiger partial charge in [-0.25, -0.2) is 4.79 Å². The minimum absolute atomic E-state index is 0.0517. The van der Waals surface area contributed by atoms with Crippen molar-refractivity contribution in [2.75, 3.05) is 36.8 Å². The fraction of sp³-hybridized carbons (Fsp3) is 0.256. The summed E-state index contributed by atoms with van der Waals surface area (Å²) < 4.78 is 5.74. The Balaban J connectivity index is 0.886. The lowest BCUT2D eigenvalue weighted by atomic mass is 10.0. The number of likely N-dealkylation sites (tertiary alicyclic amines) is 1. The molecule has 1 aliphatic rings. The number of aliphatic hydroxyl groups excluding tert-OH is 1. The molecule has 11 heteroatoms. The fourth-order valence-electron chi connectivity index (χ4n) is 6.20. The number of nitrogens with zero attached hydrogens (tertiary/aromatic N) is 1. The first-order chi connectivity index (χ1) is 24.3. The average molecular weight is 676 g/mol. The number of carbonyl (C=O) groups is 2. The molecule has 2 heterocycles. The van der Waals surface area contributed by atoms with E-state index in [9.17, 15) is 24.6 Å². The van der Waals surface area contributed by atoms with Gasteiger partial charge in [-0.05, 0) is 59.9 Å². The number of pyridine rings is 1. The maximum atomic E-state index is 12.7. The number of rotatable bonds is 12. The van der Waals surface area contributed by atoms with Crippen LogP contribution in [0.4, 0.5) is 16.2 Å². The van der Waals surface area contributed by atoms with E-state index in [0.717, 1.165) is 29.8 Å². The van der Waals surface area contributed by atoms with E-state index in [2.05, 4.69) is 25.8 Å². The Bertz CT molecular complexity index is 1970. The molecule has 1 fully saturated rings. The van der Waals surface area contributed by atoms with Crippen LogP contribution in [0.25, 0.3) is 22.0 Å². The van der Waals surface area contributed by atoms with Crippen molar-refractivity contribution in [2.45, 2.75) is 38.0 Å². The number of anilines is 2. The normalized spacial score (nSPS) is 14.3. The van der Waals surface area contributed by atoms with Gasteiger partial charge in [0.05, 0.1) is 17.3 Å². The Morgan fingerprint density at radius 3 is 2.40 bits per heavy atom. The first-order valence-corrected chi connectivity index (χ1v) is 16.8. The number of fused-ring (bicyclic) bond motifs is 1. The molecule has 0 spiro atoms. The van der Waals surface area contributed by atoms with Gasteiger partial charge < -0.3 is 35.5 Å². The Kier molecular flexibility index (Phi) is 11.2. The van der Waals surface area contributed by atoms with Crippen LogP contribution in [0.2, 0.25) is 0 Å². The average Bonchev–Trinajstić information content (AvgIpc) is 3.13. The van der Waals surface area contributed by atoms with E-state index in [1.807, 2.05) is 78.9 Å². The molecule has 6 rings (SSSR count). The molecule has 258 valence electrons. The molecule has 5 aromatic rings. The number of nitrogens with one attached hydrogen (secondary N) is 4. The maximum absolute atomic E-state index is 12.7. The number of ether oxygens (including phenoxy) is 1. The summed E-state index contributed by atoms with van der Waals surface area (Å²) in [5, 5.41) is 30.5. The highest BCUT2D eigenvalue weighted by atomic mass is 16.6. The van der Waals surface area contributed by atoms with E-state index in [4.69, 9.17) is 4.74 Å². The molecule has 0 saturated carbocycles. The van der Waals surface area contributed by atoms with Crippen LogP contribution in [0.1, 0.15) is 36.5 Å². The van der Waals surface area contributed by atoms with Crippen LogP contribution in [0.15, 0.2) is 108 Å². The number of aromatic hydroxyl groups is 1. The number of para-hydroxylation sites is 1. The summed E-state index contributed by atoms with van der Waals surface area (Å²) in [5.74, 6) is -0.125. The maximum Gasteiger partial charge on any atom is 0.411 e. The number of carbonyl (C=O) groups excluding carboxylic acids is 2. The van der Waals surface area contributed by atoms with Crippen LogP contribution in [-0.4, -0.2) is 64.4 Å². The van der Waals surface area contributed by atoms with Crippen LogP contribution in [0.5, 0.6) is 5.75 Å². The third-order valence-electron chi connectivity index (χ3n) is 8.88. The summed E-state index contributed by atoms with van der Waals surface area (Å²) in [6.07, 6.45) is 0.257. The smallest absolute Gasteiger partial charge is 0.411 e. The van der Waals surface area contributed by atoms with Crippen LogP contribution < -0.4 is 21.5 Å². The van der Waals surface area contributed by atoms with E-state index in [-0.39, 0.29) is 29.9 Å². The lowest BCUT2D eigenvalue weighted by Gasteiger charge is -2.31. The second kappa shape index (κ2) is 16.3. The second-order valence-corrected chi connectivity index (χ2v) is 12.4. The molecule has 1 saturated heterocycles. The molecule has 1 aromatic heterocycles. The standard InChI is InChI=1S/C39H41N5O6/c45-34-16-14-31(32-15-17-36(47)43-38(32)34)35(46)25-40-24-26-10-12-28(13-11-26)41-37(48)20-23-44-21-18-29(19-22-44)50-39(49)42-33-9-5-4-8-30(33)27-6-2-1-3-7-27/h1-17,29,35,40,45-46H,18-25H2,(H,41,48)(H,42,49)(H,43,47)/t35-/m0/s1. The number of aliphatic hydroxyl groups is 1. The lowest BCUT2D eigenvalue weighted by Crippen LogP contribution is -2.39. The molecule has 50 heavy (non-hydrogen) atoms. The molecule has 4 aromatic carbocycles. The summed E-state index contributed by atoms with van der Waals surface area (Å²) in [6, 6.07) is 31.1. The minimum atomic E-state index is -0.853. The SMILES string of the molecule is O=C(CCN1CCC(OC(=O)Nc2ccccc2-c2ccccc2)CC1)Nc1ccc(CNC[C@H](O)c2ccc(O)c3[nH]c(=O)ccc23)cc1. The number of phenolic OH excluding ortho intramolecular Hbond substituents is 1. The summed E-state index contributed by atoms with van der Waals surface area (Å²) >= 11 is 0. The molecule has 2 amide bonds. The first kappa shape index (κ1) is 34.4. The van der Waals surface area contributed by atoms with Gasteiger partial charge >= 0.3 is 6.09 Å². The number of amides is 2. The largest absolute Gasteiger partial charge is 0.506 e. The number of aromatic amines is 1. The van der Waals surface area contributed by atoms with E-state index in [0.29, 0.717) is 60.2 Å². The van der Waals surface area contributed by atoms with Gasteiger partial charge in [0.15, 0.2) is 0 Å². The monoisotopic (exact) mass is 675 g/mol. The van der Waals surface area contributed by atoms with Crippen molar-refractivity contribution >= 4 is 34.3 Å². The second-order valence-electron chi connectivity index (χ2n) is 12.4. The predicted molar refractivity (Wildman–Crippen MR) is 194 cm³/mol. The number of phenols is 1. The number of piperidine rings is 1. The van der Waals surface area contributed by atoms with Gasteiger partial charge in [-0.15, -0.1) is 0 Å². The Morgan fingerprint density at radius 2 is 1.62 bits per heavy atom. The van der Waals surface area contributed by atoms with Crippen molar-refractivity contribution in [3.8, 4) is 16.9 Å². The van der Waals surface area contributed by atoms with Crippen LogP contribution in [0, 0.1) is 0 Å². The number of hydrogen-bond donors (Lipinski definition) is 6. The third kappa shape index (κ3) is 8.94. The van der Waals surface area contributed by atoms with Gasteiger partial charge in [0.1, 0.15) is 11.9 Å². The molecule has 1 atom stereocenters. The fourth-order valence-corrected chi connectivity index (χ4v) is 6.20. The Labute approximate surface area is 289 Å². The van der Waals surface area contributed by atoms with Crippen molar-refractivity contribution < 1.29 is 24.5 Å². The molecule has 6 N–H and O–H groups in total. The van der Waals surface area contributed by atoms with Gasteiger partial charge in [0, 0.05) is 61.8 Å². The van der Waals surface area contributed by atoms with Crippen LogP contribution in [-0.2, 0) is 16.1 Å². The molecule has 11 nitrogen and oxygen atoms in total. The molecule has 1 aliphatic heterocycles. The topological polar surface area (TPSA) is 156 Å². The van der Waals surface area contributed by atoms with Gasteiger partial charge in [-0.1, -0.05) is 66.7 Å². The highest BCUT2D eigenvalue weighted by molar-refractivity contribution is 5.92. The Morgan fingerprint density at radius 1 is 0.880 bits per heavy atom. The first-order valence-electron chi connectivity index (χ1n) is 16.8. The van der Waals surface area contributed by atoms with Gasteiger partial charge in [-0.3, -0.25) is 14.9 Å². The zero-order valence-electron chi connectivity index (χ0n) is 27.6. The van der Waals surface area contributed by atoms with Gasteiger partial charge in [0.2, 0.25) is 11.5 Å². The van der Waals surface area contributed by atoms with Crippen molar-refractivity contribution in [3.63, 3.8) is 0 Å². The van der Waals surface area contributed by atoms with Crippen LogP contribution >= 0.6 is 0 Å². The summed E-state index contributed by atoms with van der Waals surface area (Å²) in [6.45, 7) is 2.86. The van der Waals surface area contributed by atoms with E-state index in [1.54, 1.807) is 12.1 Å². The molecule has 0 aliphatic carbocycles. The van der Waals surface area contributed by atoms with Gasteiger partial charge in [0.25, 0.3) is 0 Å². The zero-order chi connectivity index (χ0) is 34.9. The summed E-state index contributed by atoms with van der Waals surface area (Å²) in [4.78, 5) is 41.9. The summed E-state index contributed by atoms with van der Waals surface area (Å²) in [7, 11) is 0. The van der Waals surface area contributed by atoms with Gasteiger partial charge in [-0.2, -0.15) is 0 Å². The van der Waals surface area contributed by atoms with E-state index >= 15 is 0 Å². The molecule has 0 bridgehead atoms. The quantitative estimate of drug-likeness (QED) is 0.0975. The third-order valence-corrected chi connectivity index (χ3v) is 8.88. The zero-order valence-corrected chi connectivity index (χ0v) is 27.6. The number of H-pyrrole nitrogens is 1. The van der Waals surface area contributed by atoms with Crippen molar-refractivity contribution in [1.29, 1.82) is 0 Å². The van der Waals surface area contributed by atoms with Crippen molar-refractivity contribution in [2.24, 2.45) is 0 Å². The highest BCUT2D eigenvalue weighted by Gasteiger charge is 2.23. The minimum Gasteiger partial charge on any atom is -0.506 e.